The van der Waals surface area contributed by atoms with E-state index in [1.807, 2.05) is 42.5 Å². The summed E-state index contributed by atoms with van der Waals surface area (Å²) in [6.45, 7) is 0. The first-order chi connectivity index (χ1) is 11.8. The van der Waals surface area contributed by atoms with Crippen LogP contribution in [0.4, 0.5) is 0 Å². The number of nitrogens with zero attached hydrogens (tertiary/aromatic N) is 3. The molecule has 0 amide bonds. The number of nitrogens with one attached hydrogen (secondary N) is 1. The van der Waals surface area contributed by atoms with E-state index in [2.05, 4.69) is 21.3 Å². The molecule has 1 aromatic carbocycles. The van der Waals surface area contributed by atoms with Gasteiger partial charge in [0.25, 0.3) is 0 Å². The summed E-state index contributed by atoms with van der Waals surface area (Å²) in [5, 5.41) is 16.8. The van der Waals surface area contributed by atoms with Crippen LogP contribution in [0.2, 0.25) is 0 Å². The van der Waals surface area contributed by atoms with Gasteiger partial charge in [0.2, 0.25) is 11.8 Å². The molecule has 3 heterocycles. The number of fused-ring (bicyclic) bond motifs is 1. The molecule has 0 radical (unpaired) electrons. The van der Waals surface area contributed by atoms with Gasteiger partial charge in [-0.2, -0.15) is 5.26 Å². The van der Waals surface area contributed by atoms with Crippen LogP contribution in [0.5, 0.6) is 5.88 Å². The molecule has 3 aromatic rings. The minimum absolute atomic E-state index is 0.0740. The molecule has 1 aliphatic rings. The maximum absolute atomic E-state index is 9.60. The minimum Gasteiger partial charge on any atom is -0.420 e. The highest BCUT2D eigenvalue weighted by Crippen LogP contribution is 2.45. The van der Waals surface area contributed by atoms with Crippen molar-refractivity contribution in [3.05, 3.63) is 77.4 Å². The standard InChI is InChI=1S/C18H13N5O/c19-9-13-14(12-7-4-8-21-10-12)15-16(11-5-2-1-3-6-11)22-23-18(15)24-17(13)20/h1-8,10,14H,20H2,(H,22,23)/t14-/m1/s1. The van der Waals surface area contributed by atoms with Gasteiger partial charge in [0.1, 0.15) is 11.6 Å². The van der Waals surface area contributed by atoms with Gasteiger partial charge in [-0.15, -0.1) is 5.10 Å². The minimum atomic E-state index is -0.374. The van der Waals surface area contributed by atoms with E-state index in [4.69, 9.17) is 10.5 Å². The summed E-state index contributed by atoms with van der Waals surface area (Å²) >= 11 is 0. The lowest BCUT2D eigenvalue weighted by molar-refractivity contribution is 0.379. The summed E-state index contributed by atoms with van der Waals surface area (Å²) in [6, 6.07) is 15.7. The van der Waals surface area contributed by atoms with Crippen molar-refractivity contribution in [2.24, 2.45) is 5.73 Å². The molecule has 1 atom stereocenters. The second kappa shape index (κ2) is 5.56. The van der Waals surface area contributed by atoms with Gasteiger partial charge in [-0.1, -0.05) is 36.4 Å². The first-order valence-electron chi connectivity index (χ1n) is 7.40. The lowest BCUT2D eigenvalue weighted by atomic mass is 9.84. The van der Waals surface area contributed by atoms with E-state index in [1.165, 1.54) is 0 Å². The largest absolute Gasteiger partial charge is 0.420 e. The Morgan fingerprint density at radius 2 is 2.00 bits per heavy atom. The molecule has 0 fully saturated rings. The topological polar surface area (TPSA) is 101 Å². The van der Waals surface area contributed by atoms with Crippen LogP contribution in [0.25, 0.3) is 11.3 Å². The molecule has 0 saturated heterocycles. The lowest BCUT2D eigenvalue weighted by Gasteiger charge is -2.23. The van der Waals surface area contributed by atoms with Crippen molar-refractivity contribution in [2.75, 3.05) is 0 Å². The number of allylic oxidation sites excluding steroid dienone is 1. The van der Waals surface area contributed by atoms with Crippen molar-refractivity contribution in [2.45, 2.75) is 5.92 Å². The molecule has 6 heteroatoms. The predicted molar refractivity (Wildman–Crippen MR) is 87.6 cm³/mol. The molecule has 24 heavy (non-hydrogen) atoms. The SMILES string of the molecule is N#CC1=C(N)Oc2n[nH]c(-c3ccccc3)c2[C@@H]1c1cccnc1. The zero-order valence-corrected chi connectivity index (χ0v) is 12.6. The number of ether oxygens (including phenoxy) is 1. The van der Waals surface area contributed by atoms with Gasteiger partial charge < -0.3 is 10.5 Å². The van der Waals surface area contributed by atoms with Crippen LogP contribution in [0.3, 0.4) is 0 Å². The lowest BCUT2D eigenvalue weighted by Crippen LogP contribution is -2.21. The van der Waals surface area contributed by atoms with Crippen molar-refractivity contribution in [1.29, 1.82) is 5.26 Å². The fourth-order valence-electron chi connectivity index (χ4n) is 2.95. The Morgan fingerprint density at radius 3 is 2.71 bits per heavy atom. The smallest absolute Gasteiger partial charge is 0.244 e. The number of hydrogen-bond acceptors (Lipinski definition) is 5. The molecule has 1 aliphatic heterocycles. The number of pyridine rings is 1. The van der Waals surface area contributed by atoms with Crippen LogP contribution in [0.15, 0.2) is 66.3 Å². The molecule has 0 aliphatic carbocycles. The molecule has 3 N–H and O–H groups in total. The van der Waals surface area contributed by atoms with Crippen molar-refractivity contribution in [1.82, 2.24) is 15.2 Å². The second-order valence-electron chi connectivity index (χ2n) is 5.39. The quantitative estimate of drug-likeness (QED) is 0.757. The monoisotopic (exact) mass is 315 g/mol. The number of rotatable bonds is 2. The zero-order valence-electron chi connectivity index (χ0n) is 12.6. The molecule has 0 bridgehead atoms. The highest BCUT2D eigenvalue weighted by Gasteiger charge is 2.35. The molecular formula is C18H13N5O. The molecule has 6 nitrogen and oxygen atoms in total. The first-order valence-corrected chi connectivity index (χ1v) is 7.40. The maximum atomic E-state index is 9.60. The van der Waals surface area contributed by atoms with E-state index < -0.39 is 0 Å². The Morgan fingerprint density at radius 1 is 1.17 bits per heavy atom. The average Bonchev–Trinajstić information content (AvgIpc) is 3.05. The number of nitrogens with two attached hydrogens (primary N) is 1. The van der Waals surface area contributed by atoms with Gasteiger partial charge in [-0.05, 0) is 17.2 Å². The summed E-state index contributed by atoms with van der Waals surface area (Å²) in [5.41, 5.74) is 9.71. The predicted octanol–water partition coefficient (Wildman–Crippen LogP) is 2.69. The maximum Gasteiger partial charge on any atom is 0.244 e. The van der Waals surface area contributed by atoms with Crippen LogP contribution in [-0.2, 0) is 0 Å². The normalized spacial score (nSPS) is 16.2. The van der Waals surface area contributed by atoms with Crippen LogP contribution < -0.4 is 10.5 Å². The Labute approximate surface area is 138 Å². The molecule has 4 rings (SSSR count). The van der Waals surface area contributed by atoms with E-state index in [0.717, 1.165) is 22.4 Å². The number of aromatic nitrogens is 3. The highest BCUT2D eigenvalue weighted by molar-refractivity contribution is 5.70. The molecule has 2 aromatic heterocycles. The van der Waals surface area contributed by atoms with Crippen LogP contribution in [-0.4, -0.2) is 15.2 Å². The Hall–Kier alpha value is -3.59. The van der Waals surface area contributed by atoms with E-state index >= 15 is 0 Å². The third-order valence-corrected chi connectivity index (χ3v) is 4.02. The van der Waals surface area contributed by atoms with Gasteiger partial charge in [-0.25, -0.2) is 0 Å². The third-order valence-electron chi connectivity index (χ3n) is 4.02. The Kier molecular flexibility index (Phi) is 3.25. The van der Waals surface area contributed by atoms with Crippen molar-refractivity contribution in [3.63, 3.8) is 0 Å². The van der Waals surface area contributed by atoms with Gasteiger partial charge in [-0.3, -0.25) is 10.1 Å². The van der Waals surface area contributed by atoms with Gasteiger partial charge in [0.15, 0.2) is 0 Å². The van der Waals surface area contributed by atoms with Gasteiger partial charge in [0.05, 0.1) is 17.2 Å². The van der Waals surface area contributed by atoms with Crippen molar-refractivity contribution in [3.8, 4) is 23.2 Å². The fraction of sp³-hybridized carbons (Fsp3) is 0.0556. The number of aromatic amines is 1. The van der Waals surface area contributed by atoms with Crippen molar-refractivity contribution < 1.29 is 4.74 Å². The van der Waals surface area contributed by atoms with Crippen LogP contribution in [0.1, 0.15) is 17.0 Å². The average molecular weight is 315 g/mol. The Bertz CT molecular complexity index is 954. The summed E-state index contributed by atoms with van der Waals surface area (Å²) in [5.74, 6) is 0.0885. The molecule has 0 saturated carbocycles. The van der Waals surface area contributed by atoms with E-state index in [-0.39, 0.29) is 11.8 Å². The third kappa shape index (κ3) is 2.11. The van der Waals surface area contributed by atoms with E-state index in [0.29, 0.717) is 11.5 Å². The Balaban J connectivity index is 1.96. The van der Waals surface area contributed by atoms with Gasteiger partial charge in [0, 0.05) is 12.4 Å². The van der Waals surface area contributed by atoms with Crippen LogP contribution in [0, 0.1) is 11.3 Å². The molecule has 0 unspecified atom stereocenters. The van der Waals surface area contributed by atoms with Gasteiger partial charge >= 0.3 is 0 Å². The number of hydrogen-bond donors (Lipinski definition) is 2. The number of benzene rings is 1. The summed E-state index contributed by atoms with van der Waals surface area (Å²) in [7, 11) is 0. The summed E-state index contributed by atoms with van der Waals surface area (Å²) in [4.78, 5) is 4.17. The second-order valence-corrected chi connectivity index (χ2v) is 5.39. The fourth-order valence-corrected chi connectivity index (χ4v) is 2.95. The van der Waals surface area contributed by atoms with E-state index in [1.54, 1.807) is 12.4 Å². The highest BCUT2D eigenvalue weighted by atomic mass is 16.5. The molecule has 116 valence electrons. The summed E-state index contributed by atoms with van der Waals surface area (Å²) in [6.07, 6.45) is 3.42. The molecular weight excluding hydrogens is 302 g/mol. The van der Waals surface area contributed by atoms with Crippen molar-refractivity contribution >= 4 is 0 Å². The first kappa shape index (κ1) is 14.0. The van der Waals surface area contributed by atoms with Crippen LogP contribution >= 0.6 is 0 Å². The molecule has 0 spiro atoms. The zero-order chi connectivity index (χ0) is 16.5. The summed E-state index contributed by atoms with van der Waals surface area (Å²) < 4.78 is 5.56. The number of H-pyrrole nitrogens is 1. The van der Waals surface area contributed by atoms with E-state index in [9.17, 15) is 5.26 Å². The number of nitriles is 1.